The molecule has 0 aliphatic heterocycles. The summed E-state index contributed by atoms with van der Waals surface area (Å²) < 4.78 is 0. The summed E-state index contributed by atoms with van der Waals surface area (Å²) in [5.74, 6) is 0. The lowest BCUT2D eigenvalue weighted by atomic mass is 10.0. The van der Waals surface area contributed by atoms with Gasteiger partial charge < -0.3 is 0 Å². The first-order valence-electron chi connectivity index (χ1n) is 14.0. The van der Waals surface area contributed by atoms with Gasteiger partial charge in [0, 0.05) is 34.1 Å². The number of nitriles is 3. The Morgan fingerprint density at radius 3 is 1.77 bits per heavy atom. The molecule has 0 saturated carbocycles. The summed E-state index contributed by atoms with van der Waals surface area (Å²) in [5, 5.41) is 30.8. The zero-order chi connectivity index (χ0) is 28.3. The molecule has 0 aromatic carbocycles. The molecule has 0 aliphatic rings. The van der Waals surface area contributed by atoms with E-state index in [1.165, 1.54) is 91.8 Å². The highest BCUT2D eigenvalue weighted by molar-refractivity contribution is 7.28. The molecule has 0 unspecified atom stereocenters. The third-order valence-electron chi connectivity index (χ3n) is 6.89. The number of unbranched alkanes of at least 4 members (excludes halogenated alkanes) is 6. The van der Waals surface area contributed by atoms with Crippen LogP contribution < -0.4 is 0 Å². The van der Waals surface area contributed by atoms with E-state index in [1.54, 1.807) is 11.3 Å². The van der Waals surface area contributed by atoms with Crippen molar-refractivity contribution in [2.75, 3.05) is 0 Å². The van der Waals surface area contributed by atoms with Crippen LogP contribution in [0.15, 0.2) is 47.4 Å². The van der Waals surface area contributed by atoms with Crippen LogP contribution in [0.3, 0.4) is 0 Å². The van der Waals surface area contributed by atoms with Crippen molar-refractivity contribution in [2.45, 2.75) is 78.1 Å². The second-order valence-corrected chi connectivity index (χ2v) is 13.9. The predicted octanol–water partition coefficient (Wildman–Crippen LogP) is 11.5. The molecule has 40 heavy (non-hydrogen) atoms. The maximum atomic E-state index is 9.75. The first-order valence-corrected chi connectivity index (χ1v) is 17.3. The molecule has 3 nitrogen and oxygen atoms in total. The van der Waals surface area contributed by atoms with Crippen LogP contribution in [0.4, 0.5) is 0 Å². The van der Waals surface area contributed by atoms with Crippen LogP contribution in [0.2, 0.25) is 0 Å². The molecule has 0 fully saturated rings. The molecule has 0 aliphatic carbocycles. The van der Waals surface area contributed by atoms with Crippen molar-refractivity contribution < 1.29 is 0 Å². The Morgan fingerprint density at radius 1 is 0.625 bits per heavy atom. The van der Waals surface area contributed by atoms with E-state index in [4.69, 9.17) is 0 Å². The maximum absolute atomic E-state index is 9.75. The second-order valence-electron chi connectivity index (χ2n) is 9.77. The minimum absolute atomic E-state index is 0.121. The van der Waals surface area contributed by atoms with Gasteiger partial charge in [0.25, 0.3) is 0 Å². The number of hydrogen-bond acceptors (Lipinski definition) is 7. The molecule has 4 aromatic rings. The molecule has 0 amide bonds. The monoisotopic (exact) mass is 599 g/mol. The topological polar surface area (TPSA) is 71.4 Å². The average molecular weight is 600 g/mol. The van der Waals surface area contributed by atoms with Crippen LogP contribution in [-0.4, -0.2) is 0 Å². The van der Waals surface area contributed by atoms with Crippen molar-refractivity contribution in [3.05, 3.63) is 63.4 Å². The van der Waals surface area contributed by atoms with Crippen molar-refractivity contribution >= 4 is 50.9 Å². The van der Waals surface area contributed by atoms with Crippen molar-refractivity contribution in [1.82, 2.24) is 0 Å². The van der Waals surface area contributed by atoms with Crippen LogP contribution in [0.1, 0.15) is 81.2 Å². The van der Waals surface area contributed by atoms with Gasteiger partial charge in [-0.3, -0.25) is 0 Å². The van der Waals surface area contributed by atoms with Crippen molar-refractivity contribution in [3.63, 3.8) is 0 Å². The van der Waals surface area contributed by atoms with Crippen LogP contribution in [0, 0.1) is 34.0 Å². The number of aryl methyl sites for hydroxylation is 2. The van der Waals surface area contributed by atoms with Crippen molar-refractivity contribution in [1.29, 1.82) is 15.8 Å². The smallest absolute Gasteiger partial charge is 0.148 e. The molecule has 0 radical (unpaired) electrons. The van der Waals surface area contributed by atoms with E-state index in [2.05, 4.69) is 55.6 Å². The van der Waals surface area contributed by atoms with E-state index in [1.807, 2.05) is 40.9 Å². The van der Waals surface area contributed by atoms with Gasteiger partial charge in [-0.05, 0) is 78.6 Å². The summed E-state index contributed by atoms with van der Waals surface area (Å²) in [6.07, 6.45) is 11.8. The van der Waals surface area contributed by atoms with Crippen molar-refractivity contribution in [3.8, 4) is 47.5 Å². The maximum Gasteiger partial charge on any atom is 0.148 e. The van der Waals surface area contributed by atoms with Crippen LogP contribution >= 0.6 is 45.3 Å². The normalized spacial score (nSPS) is 10.7. The van der Waals surface area contributed by atoms with E-state index in [0.717, 1.165) is 24.1 Å². The molecule has 0 atom stereocenters. The molecule has 0 spiro atoms. The van der Waals surface area contributed by atoms with E-state index < -0.39 is 0 Å². The number of nitrogens with zero attached hydrogens (tertiary/aromatic N) is 3. The minimum atomic E-state index is -0.121. The first kappa shape index (κ1) is 30.0. The fraction of sp³-hybridized carbons (Fsp3) is 0.364. The Kier molecular flexibility index (Phi) is 11.3. The van der Waals surface area contributed by atoms with Gasteiger partial charge in [0.05, 0.1) is 5.57 Å². The van der Waals surface area contributed by atoms with Gasteiger partial charge in [-0.2, -0.15) is 15.8 Å². The molecule has 4 heterocycles. The Morgan fingerprint density at radius 2 is 1.20 bits per heavy atom. The molecule has 0 bridgehead atoms. The highest BCUT2D eigenvalue weighted by Crippen LogP contribution is 2.45. The summed E-state index contributed by atoms with van der Waals surface area (Å²) in [6.45, 7) is 4.46. The predicted molar refractivity (Wildman–Crippen MR) is 174 cm³/mol. The fourth-order valence-corrected chi connectivity index (χ4v) is 9.31. The third kappa shape index (κ3) is 7.20. The van der Waals surface area contributed by atoms with E-state index in [0.29, 0.717) is 4.88 Å². The van der Waals surface area contributed by atoms with Gasteiger partial charge in [-0.15, -0.1) is 45.3 Å². The highest BCUT2D eigenvalue weighted by atomic mass is 32.1. The summed E-state index contributed by atoms with van der Waals surface area (Å²) in [4.78, 5) is 8.28. The first-order chi connectivity index (χ1) is 19.6. The largest absolute Gasteiger partial charge is 0.192 e. The van der Waals surface area contributed by atoms with Gasteiger partial charge in [-0.25, -0.2) is 0 Å². The van der Waals surface area contributed by atoms with Crippen LogP contribution in [0.25, 0.3) is 34.8 Å². The lowest BCUT2D eigenvalue weighted by molar-refractivity contribution is 0.668. The summed E-state index contributed by atoms with van der Waals surface area (Å²) in [6, 6.07) is 19.1. The van der Waals surface area contributed by atoms with E-state index in [9.17, 15) is 15.8 Å². The number of allylic oxidation sites excluding steroid dienone is 2. The lowest BCUT2D eigenvalue weighted by Gasteiger charge is -2.02. The van der Waals surface area contributed by atoms with Crippen molar-refractivity contribution in [2.24, 2.45) is 0 Å². The number of thiophene rings is 4. The SMILES string of the molecule is CCCCCCc1ccsc1-c1ccc(-c2ccc(-c3sc(C(C#N)=C(C#N)C#N)cc3CCCCCC)s2)s1. The van der Waals surface area contributed by atoms with Gasteiger partial charge in [0.15, 0.2) is 0 Å². The zero-order valence-corrected chi connectivity index (χ0v) is 26.4. The quantitative estimate of drug-likeness (QED) is 0.107. The molecule has 7 heteroatoms. The summed E-state index contributed by atoms with van der Waals surface area (Å²) in [5.41, 5.74) is 2.72. The van der Waals surface area contributed by atoms with Gasteiger partial charge in [-0.1, -0.05) is 52.4 Å². The van der Waals surface area contributed by atoms with E-state index in [-0.39, 0.29) is 11.1 Å². The molecular formula is C33H33N3S4. The molecule has 204 valence electrons. The Hall–Kier alpha value is -2.99. The second kappa shape index (κ2) is 15.1. The van der Waals surface area contributed by atoms with Gasteiger partial charge in [0.1, 0.15) is 23.8 Å². The Bertz CT molecular complexity index is 1560. The van der Waals surface area contributed by atoms with Gasteiger partial charge >= 0.3 is 0 Å². The molecule has 0 N–H and O–H groups in total. The molecular weight excluding hydrogens is 567 g/mol. The third-order valence-corrected chi connectivity index (χ3v) is 11.8. The zero-order valence-electron chi connectivity index (χ0n) is 23.1. The van der Waals surface area contributed by atoms with Gasteiger partial charge in [0.2, 0.25) is 0 Å². The average Bonchev–Trinajstić information content (AvgIpc) is 3.77. The highest BCUT2D eigenvalue weighted by Gasteiger charge is 2.19. The summed E-state index contributed by atoms with van der Waals surface area (Å²) in [7, 11) is 0. The minimum Gasteiger partial charge on any atom is -0.192 e. The van der Waals surface area contributed by atoms with E-state index >= 15 is 0 Å². The summed E-state index contributed by atoms with van der Waals surface area (Å²) >= 11 is 7.01. The number of hydrogen-bond donors (Lipinski definition) is 0. The molecule has 4 aromatic heterocycles. The Balaban J connectivity index is 1.61. The Labute approximate surface area is 254 Å². The molecule has 0 saturated heterocycles. The number of rotatable bonds is 14. The lowest BCUT2D eigenvalue weighted by Crippen LogP contribution is -1.86. The fourth-order valence-electron chi connectivity index (χ4n) is 4.74. The van der Waals surface area contributed by atoms with Crippen LogP contribution in [0.5, 0.6) is 0 Å². The standard InChI is InChI=1S/C33H33N3S4/c1-3-5-7-9-11-23-17-18-37-32(23)29-15-13-27(38-29)28-14-16-30(39-28)33-24(12-10-8-6-4-2)19-31(40-33)26(22-36)25(20-34)21-35/h13-19H,3-12H2,1-2H3. The van der Waals surface area contributed by atoms with Crippen LogP contribution in [-0.2, 0) is 12.8 Å². The molecule has 4 rings (SSSR count).